The van der Waals surface area contributed by atoms with Crippen LogP contribution in [0.5, 0.6) is 0 Å². The summed E-state index contributed by atoms with van der Waals surface area (Å²) in [6.07, 6.45) is 4.53. The van der Waals surface area contributed by atoms with Gasteiger partial charge in [0.1, 0.15) is 6.04 Å². The van der Waals surface area contributed by atoms with Crippen molar-refractivity contribution in [2.75, 3.05) is 13.1 Å². The molecular formula is C15H22N2O2S. The van der Waals surface area contributed by atoms with Crippen molar-refractivity contribution < 1.29 is 9.59 Å². The van der Waals surface area contributed by atoms with Crippen molar-refractivity contribution in [3.05, 3.63) is 22.4 Å². The Balaban J connectivity index is 1.73. The van der Waals surface area contributed by atoms with E-state index in [0.29, 0.717) is 6.42 Å². The van der Waals surface area contributed by atoms with Gasteiger partial charge in [-0.15, -0.1) is 11.3 Å². The van der Waals surface area contributed by atoms with Gasteiger partial charge < -0.3 is 10.2 Å². The van der Waals surface area contributed by atoms with E-state index < -0.39 is 6.04 Å². The fourth-order valence-electron chi connectivity index (χ4n) is 2.46. The summed E-state index contributed by atoms with van der Waals surface area (Å²) in [7, 11) is 0. The molecule has 1 atom stereocenters. The molecule has 2 amide bonds. The third-order valence-corrected chi connectivity index (χ3v) is 4.53. The lowest BCUT2D eigenvalue weighted by Crippen LogP contribution is -2.48. The van der Waals surface area contributed by atoms with Gasteiger partial charge in [-0.1, -0.05) is 6.07 Å². The monoisotopic (exact) mass is 294 g/mol. The molecule has 1 fully saturated rings. The highest BCUT2D eigenvalue weighted by atomic mass is 32.1. The van der Waals surface area contributed by atoms with Crippen LogP contribution in [-0.4, -0.2) is 35.8 Å². The van der Waals surface area contributed by atoms with E-state index >= 15 is 0 Å². The Hall–Kier alpha value is -1.36. The molecule has 1 unspecified atom stereocenters. The van der Waals surface area contributed by atoms with Gasteiger partial charge in [0.15, 0.2) is 0 Å². The fraction of sp³-hybridized carbons (Fsp3) is 0.600. The van der Waals surface area contributed by atoms with Gasteiger partial charge in [-0.05, 0) is 44.1 Å². The van der Waals surface area contributed by atoms with Crippen LogP contribution in [0.2, 0.25) is 0 Å². The third-order valence-electron chi connectivity index (χ3n) is 3.59. The van der Waals surface area contributed by atoms with Crippen LogP contribution >= 0.6 is 11.3 Å². The zero-order valence-corrected chi connectivity index (χ0v) is 12.7. The van der Waals surface area contributed by atoms with E-state index in [1.54, 1.807) is 18.3 Å². The third kappa shape index (κ3) is 4.34. The number of carbonyl (C=O) groups excluding carboxylic acids is 2. The lowest BCUT2D eigenvalue weighted by atomic mass is 10.1. The molecule has 1 aromatic rings. The van der Waals surface area contributed by atoms with Crippen molar-refractivity contribution in [1.82, 2.24) is 10.2 Å². The van der Waals surface area contributed by atoms with Gasteiger partial charge in [0.2, 0.25) is 11.8 Å². The van der Waals surface area contributed by atoms with E-state index in [-0.39, 0.29) is 11.8 Å². The van der Waals surface area contributed by atoms with Gasteiger partial charge in [0, 0.05) is 24.4 Å². The highest BCUT2D eigenvalue weighted by molar-refractivity contribution is 7.09. The molecule has 2 heterocycles. The van der Waals surface area contributed by atoms with Gasteiger partial charge in [-0.2, -0.15) is 0 Å². The van der Waals surface area contributed by atoms with Crippen molar-refractivity contribution in [1.29, 1.82) is 0 Å². The molecule has 0 radical (unpaired) electrons. The highest BCUT2D eigenvalue weighted by Gasteiger charge is 2.23. The van der Waals surface area contributed by atoms with Crippen LogP contribution in [0.1, 0.15) is 37.5 Å². The van der Waals surface area contributed by atoms with E-state index in [2.05, 4.69) is 5.32 Å². The smallest absolute Gasteiger partial charge is 0.244 e. The van der Waals surface area contributed by atoms with Gasteiger partial charge in [-0.25, -0.2) is 0 Å². The Bertz CT molecular complexity index is 439. The highest BCUT2D eigenvalue weighted by Crippen LogP contribution is 2.12. The average molecular weight is 294 g/mol. The first-order valence-electron chi connectivity index (χ1n) is 7.27. The molecule has 0 aliphatic carbocycles. The lowest BCUT2D eigenvalue weighted by Gasteiger charge is -2.29. The Labute approximate surface area is 124 Å². The average Bonchev–Trinajstić information content (AvgIpc) is 2.98. The first-order chi connectivity index (χ1) is 9.66. The number of nitrogens with zero attached hydrogens (tertiary/aromatic N) is 1. The Morgan fingerprint density at radius 3 is 2.75 bits per heavy atom. The summed E-state index contributed by atoms with van der Waals surface area (Å²) in [6.45, 7) is 3.43. The molecule has 1 aliphatic heterocycles. The predicted octanol–water partition coefficient (Wildman–Crippen LogP) is 2.20. The number of rotatable bonds is 5. The Morgan fingerprint density at radius 1 is 1.35 bits per heavy atom. The van der Waals surface area contributed by atoms with Crippen LogP contribution in [0.4, 0.5) is 0 Å². The van der Waals surface area contributed by atoms with E-state index in [9.17, 15) is 9.59 Å². The van der Waals surface area contributed by atoms with Gasteiger partial charge in [-0.3, -0.25) is 9.59 Å². The molecule has 1 N–H and O–H groups in total. The van der Waals surface area contributed by atoms with E-state index in [1.165, 1.54) is 11.3 Å². The lowest BCUT2D eigenvalue weighted by molar-refractivity contribution is -0.136. The maximum absolute atomic E-state index is 12.2. The summed E-state index contributed by atoms with van der Waals surface area (Å²) in [6, 6.07) is 3.60. The van der Waals surface area contributed by atoms with Crippen LogP contribution < -0.4 is 5.32 Å². The normalized spacial score (nSPS) is 16.8. The second-order valence-electron chi connectivity index (χ2n) is 5.25. The molecule has 1 aliphatic rings. The minimum atomic E-state index is -0.413. The Kier molecular flexibility index (Phi) is 5.59. The van der Waals surface area contributed by atoms with Crippen LogP contribution in [0.15, 0.2) is 17.5 Å². The van der Waals surface area contributed by atoms with Crippen LogP contribution in [-0.2, 0) is 16.0 Å². The first-order valence-corrected chi connectivity index (χ1v) is 8.15. The van der Waals surface area contributed by atoms with Gasteiger partial charge in [0.05, 0.1) is 0 Å². The molecule has 20 heavy (non-hydrogen) atoms. The second kappa shape index (κ2) is 7.43. The summed E-state index contributed by atoms with van der Waals surface area (Å²) in [4.78, 5) is 27.1. The molecule has 5 heteroatoms. The number of thiophene rings is 1. The molecule has 0 saturated carbocycles. The van der Waals surface area contributed by atoms with Crippen LogP contribution in [0.25, 0.3) is 0 Å². The summed E-state index contributed by atoms with van der Waals surface area (Å²) >= 11 is 1.66. The zero-order valence-electron chi connectivity index (χ0n) is 11.9. The van der Waals surface area contributed by atoms with Crippen molar-refractivity contribution in [2.24, 2.45) is 0 Å². The minimum absolute atomic E-state index is 0.0451. The fourth-order valence-corrected chi connectivity index (χ4v) is 3.16. The number of nitrogens with one attached hydrogen (secondary N) is 1. The van der Waals surface area contributed by atoms with Gasteiger partial charge >= 0.3 is 0 Å². The molecular weight excluding hydrogens is 272 g/mol. The van der Waals surface area contributed by atoms with Gasteiger partial charge in [0.25, 0.3) is 0 Å². The number of likely N-dealkylation sites (tertiary alicyclic amines) is 1. The summed E-state index contributed by atoms with van der Waals surface area (Å²) in [5.74, 6) is 0.00503. The number of carbonyl (C=O) groups is 2. The van der Waals surface area contributed by atoms with Crippen molar-refractivity contribution in [3.8, 4) is 0 Å². The number of hydrogen-bond donors (Lipinski definition) is 1. The van der Waals surface area contributed by atoms with E-state index in [1.807, 2.05) is 22.4 Å². The van der Waals surface area contributed by atoms with Crippen molar-refractivity contribution in [3.63, 3.8) is 0 Å². The summed E-state index contributed by atoms with van der Waals surface area (Å²) < 4.78 is 0. The van der Waals surface area contributed by atoms with Crippen LogP contribution in [0, 0.1) is 0 Å². The first kappa shape index (κ1) is 15.0. The molecule has 0 bridgehead atoms. The largest absolute Gasteiger partial charge is 0.345 e. The SMILES string of the molecule is CC(NC(=O)CCc1cccs1)C(=O)N1CCCCC1. The molecule has 4 nitrogen and oxygen atoms in total. The number of piperidine rings is 1. The second-order valence-corrected chi connectivity index (χ2v) is 6.29. The molecule has 2 rings (SSSR count). The van der Waals surface area contributed by atoms with E-state index in [4.69, 9.17) is 0 Å². The summed E-state index contributed by atoms with van der Waals surface area (Å²) in [5, 5.41) is 4.82. The molecule has 0 aromatic carbocycles. The molecule has 110 valence electrons. The molecule has 0 spiro atoms. The topological polar surface area (TPSA) is 49.4 Å². The number of hydrogen-bond acceptors (Lipinski definition) is 3. The zero-order chi connectivity index (χ0) is 14.4. The Morgan fingerprint density at radius 2 is 2.10 bits per heavy atom. The molecule has 1 saturated heterocycles. The number of amides is 2. The quantitative estimate of drug-likeness (QED) is 0.905. The summed E-state index contributed by atoms with van der Waals surface area (Å²) in [5.41, 5.74) is 0. The van der Waals surface area contributed by atoms with Crippen molar-refractivity contribution in [2.45, 2.75) is 45.1 Å². The maximum atomic E-state index is 12.2. The standard InChI is InChI=1S/C15H22N2O2S/c1-12(15(19)17-9-3-2-4-10-17)16-14(18)8-7-13-6-5-11-20-13/h5-6,11-12H,2-4,7-10H2,1H3,(H,16,18). The van der Waals surface area contributed by atoms with Crippen LogP contribution in [0.3, 0.4) is 0 Å². The maximum Gasteiger partial charge on any atom is 0.244 e. The molecule has 1 aromatic heterocycles. The van der Waals surface area contributed by atoms with E-state index in [0.717, 1.165) is 32.4 Å². The number of aryl methyl sites for hydroxylation is 1. The van der Waals surface area contributed by atoms with Crippen molar-refractivity contribution >= 4 is 23.2 Å². The predicted molar refractivity (Wildman–Crippen MR) is 80.7 cm³/mol. The minimum Gasteiger partial charge on any atom is -0.345 e.